The minimum absolute atomic E-state index is 0.0270. The minimum Gasteiger partial charge on any atom is -0.497 e. The van der Waals surface area contributed by atoms with Crippen LogP contribution in [0.2, 0.25) is 0 Å². The Morgan fingerprint density at radius 3 is 2.34 bits per heavy atom. The van der Waals surface area contributed by atoms with E-state index in [0.717, 1.165) is 5.56 Å². The van der Waals surface area contributed by atoms with Crippen LogP contribution in [-0.4, -0.2) is 27.4 Å². The van der Waals surface area contributed by atoms with Crippen molar-refractivity contribution in [2.45, 2.75) is 11.8 Å². The maximum Gasteiger partial charge on any atom is 0.363 e. The molecule has 1 aliphatic heterocycles. The summed E-state index contributed by atoms with van der Waals surface area (Å²) >= 11 is 0. The molecular formula is C24H19NO6S. The number of ether oxygens (including phenoxy) is 2. The lowest BCUT2D eigenvalue weighted by Gasteiger charge is -2.10. The summed E-state index contributed by atoms with van der Waals surface area (Å²) in [5, 5.41) is 0. The standard InChI is InChI=1S/C24H19NO6S/c1-16-7-3-5-9-20(16)23-25-21(24(26)30-23)15-17-8-4-6-10-22(17)31-32(27,28)19-13-11-18(29-2)12-14-19/h3-15H,1-2H3. The van der Waals surface area contributed by atoms with Crippen LogP contribution < -0.4 is 8.92 Å². The van der Waals surface area contributed by atoms with E-state index < -0.39 is 16.1 Å². The first-order chi connectivity index (χ1) is 15.4. The van der Waals surface area contributed by atoms with E-state index in [1.165, 1.54) is 43.5 Å². The average Bonchev–Trinajstić information content (AvgIpc) is 3.15. The van der Waals surface area contributed by atoms with Crippen LogP contribution in [0.4, 0.5) is 0 Å². The van der Waals surface area contributed by atoms with Crippen LogP contribution in [0.25, 0.3) is 6.08 Å². The summed E-state index contributed by atoms with van der Waals surface area (Å²) in [6.45, 7) is 1.89. The summed E-state index contributed by atoms with van der Waals surface area (Å²) in [4.78, 5) is 16.6. The highest BCUT2D eigenvalue weighted by atomic mass is 32.2. The third kappa shape index (κ3) is 4.40. The molecule has 1 aliphatic rings. The topological polar surface area (TPSA) is 91.3 Å². The molecule has 1 heterocycles. The zero-order valence-corrected chi connectivity index (χ0v) is 18.1. The van der Waals surface area contributed by atoms with E-state index >= 15 is 0 Å². The summed E-state index contributed by atoms with van der Waals surface area (Å²) in [5.41, 5.74) is 2.03. The molecule has 3 aromatic rings. The summed E-state index contributed by atoms with van der Waals surface area (Å²) in [5.74, 6) is 0.152. The van der Waals surface area contributed by atoms with Crippen LogP contribution in [0.15, 0.2) is 88.4 Å². The van der Waals surface area contributed by atoms with Crippen LogP contribution in [0.3, 0.4) is 0 Å². The van der Waals surface area contributed by atoms with Crippen molar-refractivity contribution in [3.8, 4) is 11.5 Å². The number of nitrogens with zero attached hydrogens (tertiary/aromatic N) is 1. The quantitative estimate of drug-likeness (QED) is 0.319. The van der Waals surface area contributed by atoms with Crippen molar-refractivity contribution < 1.29 is 26.9 Å². The van der Waals surface area contributed by atoms with Gasteiger partial charge >= 0.3 is 16.1 Å². The average molecular weight is 449 g/mol. The highest BCUT2D eigenvalue weighted by molar-refractivity contribution is 7.87. The molecule has 0 unspecified atom stereocenters. The number of hydrogen-bond donors (Lipinski definition) is 0. The van der Waals surface area contributed by atoms with Gasteiger partial charge in [-0.15, -0.1) is 0 Å². The number of rotatable bonds is 6. The summed E-state index contributed by atoms with van der Waals surface area (Å²) in [6, 6.07) is 19.7. The molecule has 0 radical (unpaired) electrons. The number of aryl methyl sites for hydroxylation is 1. The first-order valence-electron chi connectivity index (χ1n) is 9.63. The second kappa shape index (κ2) is 8.68. The predicted molar refractivity (Wildman–Crippen MR) is 119 cm³/mol. The van der Waals surface area contributed by atoms with Crippen LogP contribution in [0, 0.1) is 6.92 Å². The number of para-hydroxylation sites is 1. The van der Waals surface area contributed by atoms with Gasteiger partial charge in [0.25, 0.3) is 0 Å². The zero-order chi connectivity index (χ0) is 22.7. The second-order valence-corrected chi connectivity index (χ2v) is 8.45. The number of hydrogen-bond acceptors (Lipinski definition) is 7. The fourth-order valence-corrected chi connectivity index (χ4v) is 4.02. The van der Waals surface area contributed by atoms with Gasteiger partial charge in [-0.3, -0.25) is 0 Å². The highest BCUT2D eigenvalue weighted by Crippen LogP contribution is 2.28. The molecule has 0 aromatic heterocycles. The number of carbonyl (C=O) groups is 1. The highest BCUT2D eigenvalue weighted by Gasteiger charge is 2.26. The van der Waals surface area contributed by atoms with E-state index in [-0.39, 0.29) is 22.2 Å². The Balaban J connectivity index is 1.66. The number of aliphatic imine (C=N–C) groups is 1. The molecule has 0 fully saturated rings. The number of esters is 1. The van der Waals surface area contributed by atoms with Gasteiger partial charge in [0.05, 0.1) is 7.11 Å². The van der Waals surface area contributed by atoms with Gasteiger partial charge in [-0.25, -0.2) is 9.79 Å². The first-order valence-corrected chi connectivity index (χ1v) is 11.0. The summed E-state index contributed by atoms with van der Waals surface area (Å²) in [6.07, 6.45) is 1.44. The molecule has 0 N–H and O–H groups in total. The van der Waals surface area contributed by atoms with Gasteiger partial charge in [0.15, 0.2) is 5.70 Å². The minimum atomic E-state index is -4.10. The number of cyclic esters (lactones) is 1. The van der Waals surface area contributed by atoms with Crippen LogP contribution in [-0.2, 0) is 19.6 Å². The van der Waals surface area contributed by atoms with Crippen molar-refractivity contribution in [2.24, 2.45) is 4.99 Å². The molecule has 4 rings (SSSR count). The van der Waals surface area contributed by atoms with Gasteiger partial charge in [0, 0.05) is 11.1 Å². The smallest absolute Gasteiger partial charge is 0.363 e. The normalized spacial score (nSPS) is 14.8. The molecule has 8 heteroatoms. The molecular weight excluding hydrogens is 430 g/mol. The van der Waals surface area contributed by atoms with E-state index in [0.29, 0.717) is 16.9 Å². The SMILES string of the molecule is COc1ccc(S(=O)(=O)Oc2ccccc2C=C2N=C(c3ccccc3C)OC2=O)cc1. The molecule has 0 aliphatic carbocycles. The van der Waals surface area contributed by atoms with Crippen LogP contribution in [0.5, 0.6) is 11.5 Å². The van der Waals surface area contributed by atoms with Crippen molar-refractivity contribution in [2.75, 3.05) is 7.11 Å². The molecule has 0 spiro atoms. The Bertz CT molecular complexity index is 1340. The Kier molecular flexibility index (Phi) is 5.79. The molecule has 32 heavy (non-hydrogen) atoms. The number of methoxy groups -OCH3 is 1. The van der Waals surface area contributed by atoms with Crippen LogP contribution in [0.1, 0.15) is 16.7 Å². The van der Waals surface area contributed by atoms with E-state index in [9.17, 15) is 13.2 Å². The number of carbonyl (C=O) groups excluding carboxylic acids is 1. The summed E-state index contributed by atoms with van der Waals surface area (Å²) in [7, 11) is -2.61. The van der Waals surface area contributed by atoms with Gasteiger partial charge in [-0.05, 0) is 55.0 Å². The molecule has 0 saturated carbocycles. The van der Waals surface area contributed by atoms with E-state index in [4.69, 9.17) is 13.7 Å². The summed E-state index contributed by atoms with van der Waals surface area (Å²) < 4.78 is 41.2. The fourth-order valence-electron chi connectivity index (χ4n) is 3.07. The van der Waals surface area contributed by atoms with Crippen molar-refractivity contribution in [1.82, 2.24) is 0 Å². The molecule has 0 bridgehead atoms. The van der Waals surface area contributed by atoms with Crippen molar-refractivity contribution >= 4 is 28.1 Å². The molecule has 0 saturated heterocycles. The first kappa shape index (κ1) is 21.3. The molecule has 0 atom stereocenters. The third-order valence-electron chi connectivity index (χ3n) is 4.75. The van der Waals surface area contributed by atoms with E-state index in [2.05, 4.69) is 4.99 Å². The van der Waals surface area contributed by atoms with Gasteiger partial charge in [0.1, 0.15) is 16.4 Å². The van der Waals surface area contributed by atoms with Crippen molar-refractivity contribution in [1.29, 1.82) is 0 Å². The van der Waals surface area contributed by atoms with Gasteiger partial charge < -0.3 is 13.7 Å². The molecule has 162 valence electrons. The lowest BCUT2D eigenvalue weighted by Crippen LogP contribution is -2.10. The number of benzene rings is 3. The lowest BCUT2D eigenvalue weighted by atomic mass is 10.1. The van der Waals surface area contributed by atoms with Gasteiger partial charge in [0.2, 0.25) is 5.90 Å². The van der Waals surface area contributed by atoms with Gasteiger partial charge in [-0.1, -0.05) is 36.4 Å². The van der Waals surface area contributed by atoms with E-state index in [1.54, 1.807) is 18.2 Å². The molecule has 3 aromatic carbocycles. The fraction of sp³-hybridized carbons (Fsp3) is 0.0833. The maximum atomic E-state index is 12.7. The van der Waals surface area contributed by atoms with Crippen LogP contribution >= 0.6 is 0 Å². The predicted octanol–water partition coefficient (Wildman–Crippen LogP) is 4.12. The van der Waals surface area contributed by atoms with E-state index in [1.807, 2.05) is 31.2 Å². The maximum absolute atomic E-state index is 12.7. The Morgan fingerprint density at radius 2 is 1.62 bits per heavy atom. The Hall–Kier alpha value is -3.91. The van der Waals surface area contributed by atoms with Crippen molar-refractivity contribution in [3.63, 3.8) is 0 Å². The second-order valence-electron chi connectivity index (χ2n) is 6.90. The van der Waals surface area contributed by atoms with Crippen molar-refractivity contribution in [3.05, 3.63) is 95.2 Å². The van der Waals surface area contributed by atoms with Gasteiger partial charge in [-0.2, -0.15) is 8.42 Å². The third-order valence-corrected chi connectivity index (χ3v) is 6.00. The largest absolute Gasteiger partial charge is 0.497 e. The lowest BCUT2D eigenvalue weighted by molar-refractivity contribution is -0.129. The molecule has 0 amide bonds. The zero-order valence-electron chi connectivity index (χ0n) is 17.3. The molecule has 7 nitrogen and oxygen atoms in total. The Morgan fingerprint density at radius 1 is 0.938 bits per heavy atom. The Labute approximate surface area is 185 Å². The monoisotopic (exact) mass is 449 g/mol.